The van der Waals surface area contributed by atoms with Gasteiger partial charge in [0.05, 0.1) is 11.7 Å². The maximum Gasteiger partial charge on any atom is 0.338 e. The van der Waals surface area contributed by atoms with Crippen LogP contribution in [-0.4, -0.2) is 34.5 Å². The molecule has 5 atom stereocenters. The zero-order valence-corrected chi connectivity index (χ0v) is 9.19. The highest BCUT2D eigenvalue weighted by Gasteiger charge is 2.61. The molecule has 17 heavy (non-hydrogen) atoms. The van der Waals surface area contributed by atoms with Crippen molar-refractivity contribution in [2.75, 3.05) is 0 Å². The molecule has 0 unspecified atom stereocenters. The molecular weight excluding hydrogens is 220 g/mol. The summed E-state index contributed by atoms with van der Waals surface area (Å²) in [5.74, 6) is -0.194. The van der Waals surface area contributed by atoms with Crippen LogP contribution in [0.1, 0.15) is 16.8 Å². The van der Waals surface area contributed by atoms with Crippen molar-refractivity contribution in [3.05, 3.63) is 35.9 Å². The molecule has 2 fully saturated rings. The molecule has 1 aromatic carbocycles. The third-order valence-electron chi connectivity index (χ3n) is 3.69. The molecule has 2 aliphatic rings. The molecular formula is C13H14O4. The molecule has 2 aliphatic carbocycles. The average Bonchev–Trinajstić information content (AvgIpc) is 3.10. The predicted molar refractivity (Wildman–Crippen MR) is 59.3 cm³/mol. The van der Waals surface area contributed by atoms with Crippen LogP contribution < -0.4 is 0 Å². The quantitative estimate of drug-likeness (QED) is 0.735. The highest BCUT2D eigenvalue weighted by atomic mass is 16.6. The van der Waals surface area contributed by atoms with Crippen molar-refractivity contribution >= 4 is 5.97 Å². The van der Waals surface area contributed by atoms with E-state index in [4.69, 9.17) is 4.74 Å². The Labute approximate surface area is 98.8 Å². The predicted octanol–water partition coefficient (Wildman–Crippen LogP) is 0.583. The van der Waals surface area contributed by atoms with Gasteiger partial charge >= 0.3 is 5.97 Å². The number of hydrogen-bond acceptors (Lipinski definition) is 4. The normalized spacial score (nSPS) is 38.6. The Bertz CT molecular complexity index is 430. The number of aliphatic hydroxyl groups is 2. The SMILES string of the molecule is O=C(O[C@@H]1[C@H](O)[C@H](O)[C@H]2C[C@H]21)c1ccccc1. The monoisotopic (exact) mass is 234 g/mol. The average molecular weight is 234 g/mol. The first-order valence-electron chi connectivity index (χ1n) is 5.80. The van der Waals surface area contributed by atoms with Crippen molar-refractivity contribution in [3.8, 4) is 0 Å². The van der Waals surface area contributed by atoms with Gasteiger partial charge in [0, 0.05) is 5.92 Å². The maximum absolute atomic E-state index is 11.8. The van der Waals surface area contributed by atoms with Gasteiger partial charge < -0.3 is 14.9 Å². The third-order valence-corrected chi connectivity index (χ3v) is 3.69. The summed E-state index contributed by atoms with van der Waals surface area (Å²) in [5, 5.41) is 19.3. The maximum atomic E-state index is 11.8. The molecule has 2 saturated carbocycles. The first-order valence-corrected chi connectivity index (χ1v) is 5.80. The van der Waals surface area contributed by atoms with Crippen molar-refractivity contribution in [3.63, 3.8) is 0 Å². The van der Waals surface area contributed by atoms with Crippen molar-refractivity contribution < 1.29 is 19.7 Å². The molecule has 4 heteroatoms. The van der Waals surface area contributed by atoms with Gasteiger partial charge in [-0.15, -0.1) is 0 Å². The number of rotatable bonds is 2. The van der Waals surface area contributed by atoms with E-state index in [9.17, 15) is 15.0 Å². The molecule has 1 aromatic rings. The molecule has 0 amide bonds. The Morgan fingerprint density at radius 3 is 2.41 bits per heavy atom. The molecule has 0 radical (unpaired) electrons. The summed E-state index contributed by atoms with van der Waals surface area (Å²) in [6.07, 6.45) is -1.40. The van der Waals surface area contributed by atoms with E-state index in [0.29, 0.717) is 5.56 Å². The van der Waals surface area contributed by atoms with E-state index in [1.165, 1.54) is 0 Å². The zero-order valence-electron chi connectivity index (χ0n) is 9.19. The van der Waals surface area contributed by atoms with Crippen molar-refractivity contribution in [2.24, 2.45) is 11.8 Å². The van der Waals surface area contributed by atoms with Crippen LogP contribution in [0.5, 0.6) is 0 Å². The lowest BCUT2D eigenvalue weighted by atomic mass is 10.1. The van der Waals surface area contributed by atoms with Gasteiger partial charge in [0.2, 0.25) is 0 Å². The van der Waals surface area contributed by atoms with E-state index in [0.717, 1.165) is 6.42 Å². The summed E-state index contributed by atoms with van der Waals surface area (Å²) < 4.78 is 5.29. The molecule has 90 valence electrons. The van der Waals surface area contributed by atoms with Gasteiger partial charge in [-0.3, -0.25) is 0 Å². The van der Waals surface area contributed by atoms with Crippen molar-refractivity contribution in [1.82, 2.24) is 0 Å². The smallest absolute Gasteiger partial charge is 0.338 e. The first kappa shape index (κ1) is 10.7. The number of carbonyl (C=O) groups excluding carboxylic acids is 1. The summed E-state index contributed by atoms with van der Waals surface area (Å²) in [6.45, 7) is 0. The Hall–Kier alpha value is -1.39. The Morgan fingerprint density at radius 2 is 1.82 bits per heavy atom. The molecule has 0 bridgehead atoms. The number of carbonyl (C=O) groups is 1. The lowest BCUT2D eigenvalue weighted by Crippen LogP contribution is -2.36. The largest absolute Gasteiger partial charge is 0.456 e. The number of benzene rings is 1. The molecule has 4 nitrogen and oxygen atoms in total. The number of esters is 1. The van der Waals surface area contributed by atoms with E-state index in [1.54, 1.807) is 24.3 Å². The molecule has 0 aliphatic heterocycles. The van der Waals surface area contributed by atoms with Crippen LogP contribution in [0.2, 0.25) is 0 Å². The fourth-order valence-corrected chi connectivity index (χ4v) is 2.63. The van der Waals surface area contributed by atoms with E-state index in [-0.39, 0.29) is 11.8 Å². The Morgan fingerprint density at radius 1 is 1.12 bits per heavy atom. The van der Waals surface area contributed by atoms with Crippen LogP contribution in [0.25, 0.3) is 0 Å². The van der Waals surface area contributed by atoms with Gasteiger partial charge in [0.15, 0.2) is 0 Å². The summed E-state index contributed by atoms with van der Waals surface area (Å²) >= 11 is 0. The summed E-state index contributed by atoms with van der Waals surface area (Å²) in [5.41, 5.74) is 0.471. The summed E-state index contributed by atoms with van der Waals surface area (Å²) in [6, 6.07) is 8.68. The van der Waals surface area contributed by atoms with Gasteiger partial charge in [-0.25, -0.2) is 4.79 Å². The van der Waals surface area contributed by atoms with Gasteiger partial charge in [-0.2, -0.15) is 0 Å². The molecule has 0 saturated heterocycles. The van der Waals surface area contributed by atoms with Crippen LogP contribution >= 0.6 is 0 Å². The summed E-state index contributed by atoms with van der Waals surface area (Å²) in [4.78, 5) is 11.8. The van der Waals surface area contributed by atoms with Gasteiger partial charge in [0.25, 0.3) is 0 Å². The van der Waals surface area contributed by atoms with Gasteiger partial charge in [-0.05, 0) is 24.5 Å². The van der Waals surface area contributed by atoms with Crippen molar-refractivity contribution in [2.45, 2.75) is 24.7 Å². The third kappa shape index (κ3) is 1.73. The minimum Gasteiger partial charge on any atom is -0.456 e. The topological polar surface area (TPSA) is 66.8 Å². The lowest BCUT2D eigenvalue weighted by molar-refractivity contribution is -0.0531. The molecule has 2 N–H and O–H groups in total. The van der Waals surface area contributed by atoms with E-state index < -0.39 is 24.3 Å². The highest BCUT2D eigenvalue weighted by Crippen LogP contribution is 2.53. The minimum atomic E-state index is -0.939. The molecule has 0 spiro atoms. The second-order valence-corrected chi connectivity index (χ2v) is 4.78. The number of hydrogen-bond donors (Lipinski definition) is 2. The zero-order chi connectivity index (χ0) is 12.0. The summed E-state index contributed by atoms with van der Waals surface area (Å²) in [7, 11) is 0. The number of aliphatic hydroxyl groups excluding tert-OH is 2. The van der Waals surface area contributed by atoms with Crippen molar-refractivity contribution in [1.29, 1.82) is 0 Å². The van der Waals surface area contributed by atoms with E-state index in [1.807, 2.05) is 6.07 Å². The van der Waals surface area contributed by atoms with Crippen LogP contribution in [0, 0.1) is 11.8 Å². The Balaban J connectivity index is 1.70. The number of ether oxygens (including phenoxy) is 1. The molecule has 0 aromatic heterocycles. The Kier molecular flexibility index (Phi) is 2.42. The van der Waals surface area contributed by atoms with Crippen LogP contribution in [0.4, 0.5) is 0 Å². The first-order chi connectivity index (χ1) is 8.18. The van der Waals surface area contributed by atoms with Crippen LogP contribution in [0.3, 0.4) is 0 Å². The highest BCUT2D eigenvalue weighted by molar-refractivity contribution is 5.89. The second-order valence-electron chi connectivity index (χ2n) is 4.78. The van der Waals surface area contributed by atoms with Gasteiger partial charge in [-0.1, -0.05) is 18.2 Å². The minimum absolute atomic E-state index is 0.110. The van der Waals surface area contributed by atoms with Crippen LogP contribution in [0.15, 0.2) is 30.3 Å². The van der Waals surface area contributed by atoms with E-state index >= 15 is 0 Å². The molecule has 0 heterocycles. The van der Waals surface area contributed by atoms with Gasteiger partial charge in [0.1, 0.15) is 12.2 Å². The fraction of sp³-hybridized carbons (Fsp3) is 0.462. The second kappa shape index (κ2) is 3.82. The van der Waals surface area contributed by atoms with Crippen LogP contribution in [-0.2, 0) is 4.74 Å². The van der Waals surface area contributed by atoms with E-state index in [2.05, 4.69) is 0 Å². The number of fused-ring (bicyclic) bond motifs is 1. The standard InChI is InChI=1S/C13H14O4/c14-10-8-6-9(8)12(11(10)15)17-13(16)7-4-2-1-3-5-7/h1-5,8-12,14-15H,6H2/t8-,9+,10+,11+,12-/m0/s1. The fourth-order valence-electron chi connectivity index (χ4n) is 2.63. The lowest BCUT2D eigenvalue weighted by Gasteiger charge is -2.20. The molecule has 3 rings (SSSR count).